The molecular formula is C16H25NO. The molecule has 2 nitrogen and oxygen atoms in total. The Morgan fingerprint density at radius 1 is 1.39 bits per heavy atom. The summed E-state index contributed by atoms with van der Waals surface area (Å²) in [6.07, 6.45) is 3.40. The van der Waals surface area contributed by atoms with E-state index >= 15 is 0 Å². The summed E-state index contributed by atoms with van der Waals surface area (Å²) in [6.45, 7) is 9.06. The van der Waals surface area contributed by atoms with Crippen molar-refractivity contribution in [1.82, 2.24) is 4.90 Å². The van der Waals surface area contributed by atoms with Crippen molar-refractivity contribution in [3.63, 3.8) is 0 Å². The maximum atomic E-state index is 9.91. The van der Waals surface area contributed by atoms with Crippen LogP contribution in [0.2, 0.25) is 0 Å². The van der Waals surface area contributed by atoms with Gasteiger partial charge in [-0.2, -0.15) is 0 Å². The van der Waals surface area contributed by atoms with Crippen LogP contribution in [0.25, 0.3) is 0 Å². The lowest BCUT2D eigenvalue weighted by Crippen LogP contribution is -2.31. The molecule has 0 aromatic heterocycles. The first-order valence-corrected chi connectivity index (χ1v) is 7.22. The van der Waals surface area contributed by atoms with Gasteiger partial charge in [0.2, 0.25) is 0 Å². The van der Waals surface area contributed by atoms with Crippen molar-refractivity contribution in [2.24, 2.45) is 5.92 Å². The summed E-state index contributed by atoms with van der Waals surface area (Å²) >= 11 is 0. The summed E-state index contributed by atoms with van der Waals surface area (Å²) in [5.74, 6) is 1.22. The molecule has 18 heavy (non-hydrogen) atoms. The smallest absolute Gasteiger partial charge is 0.119 e. The highest BCUT2D eigenvalue weighted by Crippen LogP contribution is 2.39. The molecule has 2 heteroatoms. The second-order valence-electron chi connectivity index (χ2n) is 5.50. The lowest BCUT2D eigenvalue weighted by Gasteiger charge is -2.30. The number of hydrogen-bond acceptors (Lipinski definition) is 2. The van der Waals surface area contributed by atoms with E-state index in [1.807, 2.05) is 12.1 Å². The van der Waals surface area contributed by atoms with Gasteiger partial charge >= 0.3 is 0 Å². The molecule has 0 spiro atoms. The highest BCUT2D eigenvalue weighted by atomic mass is 16.3. The van der Waals surface area contributed by atoms with E-state index in [2.05, 4.69) is 31.7 Å². The third-order valence-electron chi connectivity index (χ3n) is 4.30. The molecule has 0 saturated carbocycles. The summed E-state index contributed by atoms with van der Waals surface area (Å²) in [5.41, 5.74) is 2.52. The molecule has 1 N–H and O–H groups in total. The van der Waals surface area contributed by atoms with Gasteiger partial charge in [0.25, 0.3) is 0 Å². The summed E-state index contributed by atoms with van der Waals surface area (Å²) in [4.78, 5) is 2.57. The van der Waals surface area contributed by atoms with Gasteiger partial charge in [-0.05, 0) is 42.5 Å². The van der Waals surface area contributed by atoms with Gasteiger partial charge in [0, 0.05) is 12.6 Å². The first kappa shape index (κ1) is 13.4. The second-order valence-corrected chi connectivity index (χ2v) is 5.50. The molecule has 2 unspecified atom stereocenters. The Balaban J connectivity index is 2.18. The van der Waals surface area contributed by atoms with Crippen LogP contribution in [0.5, 0.6) is 5.75 Å². The van der Waals surface area contributed by atoms with Crippen molar-refractivity contribution >= 4 is 0 Å². The highest BCUT2D eigenvalue weighted by molar-refractivity contribution is 5.44. The van der Waals surface area contributed by atoms with E-state index in [0.717, 1.165) is 31.8 Å². The topological polar surface area (TPSA) is 23.5 Å². The maximum absolute atomic E-state index is 9.91. The fourth-order valence-corrected chi connectivity index (χ4v) is 3.00. The Hall–Kier alpha value is -1.02. The number of fused-ring (bicyclic) bond motifs is 1. The van der Waals surface area contributed by atoms with Gasteiger partial charge in [0.15, 0.2) is 0 Å². The number of phenols is 1. The summed E-state index contributed by atoms with van der Waals surface area (Å²) in [5, 5.41) is 9.91. The molecule has 100 valence electrons. The molecule has 0 fully saturated rings. The SMILES string of the molecule is CCC(C)CN(CC)C1CCc2c(O)cccc21. The second kappa shape index (κ2) is 5.75. The monoisotopic (exact) mass is 247 g/mol. The van der Waals surface area contributed by atoms with Crippen molar-refractivity contribution in [2.75, 3.05) is 13.1 Å². The largest absolute Gasteiger partial charge is 0.508 e. The van der Waals surface area contributed by atoms with E-state index < -0.39 is 0 Å². The third-order valence-corrected chi connectivity index (χ3v) is 4.30. The molecule has 1 aliphatic rings. The Morgan fingerprint density at radius 3 is 2.83 bits per heavy atom. The van der Waals surface area contributed by atoms with Gasteiger partial charge in [-0.25, -0.2) is 0 Å². The lowest BCUT2D eigenvalue weighted by molar-refractivity contribution is 0.178. The van der Waals surface area contributed by atoms with Crippen LogP contribution >= 0.6 is 0 Å². The maximum Gasteiger partial charge on any atom is 0.119 e. The van der Waals surface area contributed by atoms with Crippen LogP contribution < -0.4 is 0 Å². The van der Waals surface area contributed by atoms with Crippen molar-refractivity contribution in [3.05, 3.63) is 29.3 Å². The van der Waals surface area contributed by atoms with Gasteiger partial charge < -0.3 is 5.11 Å². The van der Waals surface area contributed by atoms with Crippen molar-refractivity contribution in [2.45, 2.75) is 46.1 Å². The molecule has 0 saturated heterocycles. The number of aromatic hydroxyl groups is 1. The van der Waals surface area contributed by atoms with Crippen LogP contribution in [0.3, 0.4) is 0 Å². The van der Waals surface area contributed by atoms with Gasteiger partial charge in [0.05, 0.1) is 0 Å². The molecule has 0 aliphatic heterocycles. The van der Waals surface area contributed by atoms with E-state index in [4.69, 9.17) is 0 Å². The minimum atomic E-state index is 0.481. The Labute approximate surface area is 111 Å². The molecule has 0 heterocycles. The molecule has 0 radical (unpaired) electrons. The average Bonchev–Trinajstić information content (AvgIpc) is 2.81. The van der Waals surface area contributed by atoms with Crippen molar-refractivity contribution in [1.29, 1.82) is 0 Å². The lowest BCUT2D eigenvalue weighted by atomic mass is 10.0. The molecule has 0 amide bonds. The normalized spacial score (nSPS) is 20.1. The zero-order valence-corrected chi connectivity index (χ0v) is 11.8. The summed E-state index contributed by atoms with van der Waals surface area (Å²) in [6, 6.07) is 6.48. The molecule has 1 aliphatic carbocycles. The van der Waals surface area contributed by atoms with E-state index in [0.29, 0.717) is 11.8 Å². The third kappa shape index (κ3) is 2.54. The fraction of sp³-hybridized carbons (Fsp3) is 0.625. The van der Waals surface area contributed by atoms with E-state index in [1.54, 1.807) is 0 Å². The molecule has 2 rings (SSSR count). The van der Waals surface area contributed by atoms with Gasteiger partial charge in [-0.1, -0.05) is 39.3 Å². The first-order valence-electron chi connectivity index (χ1n) is 7.22. The molecular weight excluding hydrogens is 222 g/mol. The fourth-order valence-electron chi connectivity index (χ4n) is 3.00. The molecule has 1 aromatic rings. The first-order chi connectivity index (χ1) is 8.67. The van der Waals surface area contributed by atoms with Crippen LogP contribution in [0.1, 0.15) is 50.8 Å². The number of phenolic OH excluding ortho intramolecular Hbond substituents is 1. The van der Waals surface area contributed by atoms with Crippen LogP contribution in [-0.4, -0.2) is 23.1 Å². The number of nitrogens with zero attached hydrogens (tertiary/aromatic N) is 1. The van der Waals surface area contributed by atoms with Crippen molar-refractivity contribution in [3.8, 4) is 5.75 Å². The van der Waals surface area contributed by atoms with Crippen LogP contribution in [0, 0.1) is 5.92 Å². The Bertz CT molecular complexity index is 402. The van der Waals surface area contributed by atoms with E-state index in [-0.39, 0.29) is 0 Å². The predicted octanol–water partition coefficient (Wildman–Crippen LogP) is 3.75. The van der Waals surface area contributed by atoms with Gasteiger partial charge in [0.1, 0.15) is 5.75 Å². The number of hydrogen-bond donors (Lipinski definition) is 1. The molecule has 1 aromatic carbocycles. The zero-order chi connectivity index (χ0) is 13.1. The summed E-state index contributed by atoms with van der Waals surface area (Å²) < 4.78 is 0. The Morgan fingerprint density at radius 2 is 2.17 bits per heavy atom. The molecule has 0 bridgehead atoms. The van der Waals surface area contributed by atoms with E-state index in [1.165, 1.54) is 17.5 Å². The quantitative estimate of drug-likeness (QED) is 0.856. The predicted molar refractivity (Wildman–Crippen MR) is 75.9 cm³/mol. The minimum Gasteiger partial charge on any atom is -0.508 e. The summed E-state index contributed by atoms with van der Waals surface area (Å²) in [7, 11) is 0. The van der Waals surface area contributed by atoms with Crippen LogP contribution in [-0.2, 0) is 6.42 Å². The standard InChI is InChI=1S/C16H25NO/c1-4-12(3)11-17(5-2)15-10-9-14-13(15)7-6-8-16(14)18/h6-8,12,15,18H,4-5,9-11H2,1-3H3. The molecule has 2 atom stereocenters. The average molecular weight is 247 g/mol. The van der Waals surface area contributed by atoms with E-state index in [9.17, 15) is 5.11 Å². The Kier molecular flexibility index (Phi) is 4.28. The van der Waals surface area contributed by atoms with Gasteiger partial charge in [-0.15, -0.1) is 0 Å². The minimum absolute atomic E-state index is 0.481. The van der Waals surface area contributed by atoms with Crippen molar-refractivity contribution < 1.29 is 5.11 Å². The zero-order valence-electron chi connectivity index (χ0n) is 11.8. The number of benzene rings is 1. The van der Waals surface area contributed by atoms with Gasteiger partial charge in [-0.3, -0.25) is 4.90 Å². The van der Waals surface area contributed by atoms with Crippen LogP contribution in [0.4, 0.5) is 0 Å². The van der Waals surface area contributed by atoms with Crippen LogP contribution in [0.15, 0.2) is 18.2 Å². The number of rotatable bonds is 5. The highest BCUT2D eigenvalue weighted by Gasteiger charge is 2.29.